The van der Waals surface area contributed by atoms with Crippen molar-refractivity contribution in [3.8, 4) is 11.5 Å². The van der Waals surface area contributed by atoms with Gasteiger partial charge in [0, 0.05) is 5.56 Å². The van der Waals surface area contributed by atoms with E-state index >= 15 is 0 Å². The first-order valence-electron chi connectivity index (χ1n) is 6.45. The third-order valence-electron chi connectivity index (χ3n) is 3.35. The van der Waals surface area contributed by atoms with E-state index in [1.54, 1.807) is 25.1 Å². The van der Waals surface area contributed by atoms with E-state index in [-0.39, 0.29) is 5.82 Å². The van der Waals surface area contributed by atoms with Crippen molar-refractivity contribution in [1.82, 2.24) is 0 Å². The third-order valence-corrected chi connectivity index (χ3v) is 3.84. The molecule has 4 heteroatoms. The second-order valence-corrected chi connectivity index (χ2v) is 5.18. The van der Waals surface area contributed by atoms with Crippen LogP contribution in [0.25, 0.3) is 0 Å². The molecule has 0 spiro atoms. The number of hydrogen-bond acceptors (Lipinski definition) is 2. The maximum Gasteiger partial charge on any atom is 0.161 e. The quantitative estimate of drug-likeness (QED) is 0.771. The van der Waals surface area contributed by atoms with Crippen molar-refractivity contribution < 1.29 is 13.9 Å². The van der Waals surface area contributed by atoms with E-state index < -0.39 is 5.38 Å². The Morgan fingerprint density at radius 2 is 1.85 bits per heavy atom. The van der Waals surface area contributed by atoms with Gasteiger partial charge in [-0.3, -0.25) is 0 Å². The van der Waals surface area contributed by atoms with Crippen LogP contribution in [0.2, 0.25) is 0 Å². The van der Waals surface area contributed by atoms with Gasteiger partial charge in [-0.05, 0) is 30.2 Å². The Bertz CT molecular complexity index is 642. The van der Waals surface area contributed by atoms with Crippen molar-refractivity contribution in [2.45, 2.75) is 12.3 Å². The maximum atomic E-state index is 14.1. The molecule has 0 radical (unpaired) electrons. The molecular formula is C16H14ClFO2. The first kappa shape index (κ1) is 13.3. The van der Waals surface area contributed by atoms with Gasteiger partial charge in [0.2, 0.25) is 0 Å². The molecule has 0 aliphatic carbocycles. The molecule has 2 aromatic rings. The van der Waals surface area contributed by atoms with Gasteiger partial charge in [0.25, 0.3) is 0 Å². The molecule has 1 heterocycles. The molecule has 2 nitrogen and oxygen atoms in total. The van der Waals surface area contributed by atoms with Gasteiger partial charge >= 0.3 is 0 Å². The molecule has 1 unspecified atom stereocenters. The highest BCUT2D eigenvalue weighted by Gasteiger charge is 2.19. The molecule has 0 fully saturated rings. The van der Waals surface area contributed by atoms with Crippen LogP contribution in [0.1, 0.15) is 22.1 Å². The zero-order chi connectivity index (χ0) is 14.1. The molecule has 3 rings (SSSR count). The average molecular weight is 293 g/mol. The topological polar surface area (TPSA) is 18.5 Å². The zero-order valence-corrected chi connectivity index (χ0v) is 11.8. The summed E-state index contributed by atoms with van der Waals surface area (Å²) < 4.78 is 25.1. The molecule has 0 saturated carbocycles. The summed E-state index contributed by atoms with van der Waals surface area (Å²) in [5, 5.41) is -0.550. The predicted molar refractivity (Wildman–Crippen MR) is 76.3 cm³/mol. The molecule has 0 aromatic heterocycles. The first-order chi connectivity index (χ1) is 9.66. The largest absolute Gasteiger partial charge is 0.486 e. The third kappa shape index (κ3) is 2.34. The number of halogens is 2. The summed E-state index contributed by atoms with van der Waals surface area (Å²) in [7, 11) is 0. The number of benzene rings is 2. The van der Waals surface area contributed by atoms with Crippen LogP contribution in [0.3, 0.4) is 0 Å². The Morgan fingerprint density at radius 1 is 1.10 bits per heavy atom. The number of alkyl halides is 1. The van der Waals surface area contributed by atoms with E-state index in [0.29, 0.717) is 35.8 Å². The van der Waals surface area contributed by atoms with Crippen LogP contribution in [0.4, 0.5) is 4.39 Å². The maximum absolute atomic E-state index is 14.1. The Hall–Kier alpha value is -1.74. The molecule has 1 aliphatic rings. The molecule has 0 bridgehead atoms. The van der Waals surface area contributed by atoms with Crippen LogP contribution in [0.15, 0.2) is 36.4 Å². The van der Waals surface area contributed by atoms with Gasteiger partial charge in [-0.1, -0.05) is 24.3 Å². The van der Waals surface area contributed by atoms with Gasteiger partial charge in [-0.25, -0.2) is 4.39 Å². The average Bonchev–Trinajstić information content (AvgIpc) is 2.49. The fourth-order valence-corrected chi connectivity index (χ4v) is 2.57. The fourth-order valence-electron chi connectivity index (χ4n) is 2.26. The molecule has 1 aliphatic heterocycles. The van der Waals surface area contributed by atoms with Crippen LogP contribution in [-0.4, -0.2) is 13.2 Å². The molecule has 1 atom stereocenters. The van der Waals surface area contributed by atoms with Crippen LogP contribution >= 0.6 is 11.6 Å². The summed E-state index contributed by atoms with van der Waals surface area (Å²) >= 11 is 6.41. The van der Waals surface area contributed by atoms with E-state index in [4.69, 9.17) is 21.1 Å². The van der Waals surface area contributed by atoms with Gasteiger partial charge in [-0.2, -0.15) is 0 Å². The molecule has 0 saturated heterocycles. The summed E-state index contributed by atoms with van der Waals surface area (Å²) in [6.07, 6.45) is 0. The van der Waals surface area contributed by atoms with Gasteiger partial charge in [0.15, 0.2) is 11.5 Å². The predicted octanol–water partition coefficient (Wildman–Crippen LogP) is 4.23. The smallest absolute Gasteiger partial charge is 0.161 e. The fraction of sp³-hybridized carbons (Fsp3) is 0.250. The second kappa shape index (κ2) is 5.33. The standard InChI is InChI=1S/C16H14ClFO2/c1-10-3-2-4-12(16(10)18)15(17)11-5-6-13-14(9-11)20-8-7-19-13/h2-6,9,15H,7-8H2,1H3. The lowest BCUT2D eigenvalue weighted by Crippen LogP contribution is -2.15. The van der Waals surface area contributed by atoms with Crippen molar-refractivity contribution in [2.24, 2.45) is 0 Å². The summed E-state index contributed by atoms with van der Waals surface area (Å²) in [5.41, 5.74) is 1.86. The molecular weight excluding hydrogens is 279 g/mol. The monoisotopic (exact) mass is 292 g/mol. The normalized spacial score (nSPS) is 14.9. The van der Waals surface area contributed by atoms with Crippen LogP contribution in [0.5, 0.6) is 11.5 Å². The molecule has 0 N–H and O–H groups in total. The SMILES string of the molecule is Cc1cccc(C(Cl)c2ccc3c(c2)OCCO3)c1F. The summed E-state index contributed by atoms with van der Waals surface area (Å²) in [5.74, 6) is 1.10. The number of ether oxygens (including phenoxy) is 2. The Morgan fingerprint density at radius 3 is 2.65 bits per heavy atom. The number of rotatable bonds is 2. The van der Waals surface area contributed by atoms with Crippen molar-refractivity contribution in [2.75, 3.05) is 13.2 Å². The lowest BCUT2D eigenvalue weighted by Gasteiger charge is -2.20. The highest BCUT2D eigenvalue weighted by atomic mass is 35.5. The van der Waals surface area contributed by atoms with Gasteiger partial charge < -0.3 is 9.47 Å². The number of aryl methyl sites for hydroxylation is 1. The summed E-state index contributed by atoms with van der Waals surface area (Å²) in [6, 6.07) is 10.7. The minimum atomic E-state index is -0.550. The Balaban J connectivity index is 1.98. The molecule has 20 heavy (non-hydrogen) atoms. The number of hydrogen-bond donors (Lipinski definition) is 0. The minimum Gasteiger partial charge on any atom is -0.486 e. The van der Waals surface area contributed by atoms with E-state index in [0.717, 1.165) is 5.56 Å². The Kier molecular flexibility index (Phi) is 3.53. The van der Waals surface area contributed by atoms with Crippen LogP contribution in [0, 0.1) is 12.7 Å². The zero-order valence-electron chi connectivity index (χ0n) is 11.0. The van der Waals surface area contributed by atoms with E-state index in [9.17, 15) is 4.39 Å². The molecule has 104 valence electrons. The van der Waals surface area contributed by atoms with Crippen LogP contribution < -0.4 is 9.47 Å². The molecule has 2 aromatic carbocycles. The van der Waals surface area contributed by atoms with Crippen molar-refractivity contribution in [1.29, 1.82) is 0 Å². The van der Waals surface area contributed by atoms with Crippen molar-refractivity contribution >= 4 is 11.6 Å². The van der Waals surface area contributed by atoms with Crippen LogP contribution in [-0.2, 0) is 0 Å². The van der Waals surface area contributed by atoms with E-state index in [1.807, 2.05) is 18.2 Å². The van der Waals surface area contributed by atoms with E-state index in [2.05, 4.69) is 0 Å². The minimum absolute atomic E-state index is 0.262. The second-order valence-electron chi connectivity index (χ2n) is 4.74. The van der Waals surface area contributed by atoms with Crippen molar-refractivity contribution in [3.05, 3.63) is 58.9 Å². The first-order valence-corrected chi connectivity index (χ1v) is 6.89. The Labute approximate surface area is 122 Å². The molecule has 0 amide bonds. The highest BCUT2D eigenvalue weighted by molar-refractivity contribution is 6.22. The lowest BCUT2D eigenvalue weighted by atomic mass is 10.0. The highest BCUT2D eigenvalue weighted by Crippen LogP contribution is 2.37. The lowest BCUT2D eigenvalue weighted by molar-refractivity contribution is 0.171. The van der Waals surface area contributed by atoms with E-state index in [1.165, 1.54) is 0 Å². The summed E-state index contributed by atoms with van der Waals surface area (Å²) in [6.45, 7) is 2.79. The summed E-state index contributed by atoms with van der Waals surface area (Å²) in [4.78, 5) is 0. The van der Waals surface area contributed by atoms with Crippen molar-refractivity contribution in [3.63, 3.8) is 0 Å². The van der Waals surface area contributed by atoms with Gasteiger partial charge in [0.1, 0.15) is 19.0 Å². The number of fused-ring (bicyclic) bond motifs is 1. The van der Waals surface area contributed by atoms with Gasteiger partial charge in [-0.15, -0.1) is 11.6 Å². The van der Waals surface area contributed by atoms with Gasteiger partial charge in [0.05, 0.1) is 5.38 Å².